The molecule has 48 heavy (non-hydrogen) atoms. The van der Waals surface area contributed by atoms with Gasteiger partial charge in [0.2, 0.25) is 0 Å². The summed E-state index contributed by atoms with van der Waals surface area (Å²) in [6.07, 6.45) is 1.09. The summed E-state index contributed by atoms with van der Waals surface area (Å²) in [5, 5.41) is 0. The van der Waals surface area contributed by atoms with Crippen LogP contribution in [0, 0.1) is 0 Å². The van der Waals surface area contributed by atoms with E-state index in [2.05, 4.69) is 158 Å². The Labute approximate surface area is 286 Å². The van der Waals surface area contributed by atoms with E-state index < -0.39 is 0 Å². The Morgan fingerprint density at radius 3 is 1.90 bits per heavy atom. The average Bonchev–Trinajstić information content (AvgIpc) is 3.23. The van der Waals surface area contributed by atoms with Crippen LogP contribution in [0.15, 0.2) is 91.0 Å². The standard InChI is InChI=1S/C44H44BNO2/c1-41(2,3)26-18-21-35-32(22-26)45-31-20-19-30-38(43(6,7)25-42(30,4)5)40(31)48-37-24-27(23-36(47-35)39(37)45)46-33-16-12-10-14-28(33)44(8,9)29-15-11-13-17-34(29)46/h10-24H,25H2,1-9H3. The van der Waals surface area contributed by atoms with E-state index in [0.717, 1.165) is 40.6 Å². The van der Waals surface area contributed by atoms with E-state index in [4.69, 9.17) is 9.47 Å². The largest absolute Gasteiger partial charge is 0.458 e. The molecule has 0 bridgehead atoms. The first-order chi connectivity index (χ1) is 22.7. The highest BCUT2D eigenvalue weighted by Gasteiger charge is 2.49. The Morgan fingerprint density at radius 2 is 1.25 bits per heavy atom. The molecule has 3 heterocycles. The van der Waals surface area contributed by atoms with Crippen molar-refractivity contribution in [2.45, 2.75) is 90.4 Å². The third-order valence-corrected chi connectivity index (χ3v) is 11.7. The molecular weight excluding hydrogens is 585 g/mol. The summed E-state index contributed by atoms with van der Waals surface area (Å²) in [5.74, 6) is 3.73. The van der Waals surface area contributed by atoms with E-state index in [9.17, 15) is 0 Å². The topological polar surface area (TPSA) is 21.7 Å². The van der Waals surface area contributed by atoms with Crippen molar-refractivity contribution >= 4 is 40.2 Å². The van der Waals surface area contributed by atoms with Gasteiger partial charge in [0.15, 0.2) is 0 Å². The van der Waals surface area contributed by atoms with Gasteiger partial charge in [0, 0.05) is 28.6 Å². The van der Waals surface area contributed by atoms with E-state index in [1.807, 2.05) is 0 Å². The molecule has 0 N–H and O–H groups in total. The zero-order chi connectivity index (χ0) is 33.5. The van der Waals surface area contributed by atoms with E-state index in [0.29, 0.717) is 0 Å². The smallest absolute Gasteiger partial charge is 0.260 e. The van der Waals surface area contributed by atoms with Crippen LogP contribution in [-0.2, 0) is 21.7 Å². The molecule has 0 atom stereocenters. The van der Waals surface area contributed by atoms with Crippen LogP contribution in [-0.4, -0.2) is 6.71 Å². The van der Waals surface area contributed by atoms with Crippen LogP contribution >= 0.6 is 0 Å². The van der Waals surface area contributed by atoms with Gasteiger partial charge in [0.05, 0.1) is 17.1 Å². The Bertz CT molecular complexity index is 2150. The van der Waals surface area contributed by atoms with Gasteiger partial charge in [-0.3, -0.25) is 0 Å². The van der Waals surface area contributed by atoms with Crippen LogP contribution in [0.2, 0.25) is 0 Å². The second-order valence-corrected chi connectivity index (χ2v) is 17.3. The van der Waals surface area contributed by atoms with Crippen molar-refractivity contribution < 1.29 is 9.47 Å². The monoisotopic (exact) mass is 629 g/mol. The number of rotatable bonds is 1. The minimum Gasteiger partial charge on any atom is -0.458 e. The number of fused-ring (bicyclic) bond motifs is 8. The molecule has 5 aromatic rings. The Balaban J connectivity index is 1.32. The molecule has 1 aliphatic carbocycles. The second kappa shape index (κ2) is 9.38. The van der Waals surface area contributed by atoms with E-state index in [-0.39, 0.29) is 28.4 Å². The first kappa shape index (κ1) is 29.7. The summed E-state index contributed by atoms with van der Waals surface area (Å²) in [6.45, 7) is 21.1. The van der Waals surface area contributed by atoms with Crippen LogP contribution in [0.1, 0.15) is 96.6 Å². The molecule has 0 spiro atoms. The van der Waals surface area contributed by atoms with E-state index in [1.54, 1.807) is 0 Å². The number of ether oxygens (including phenoxy) is 2. The summed E-state index contributed by atoms with van der Waals surface area (Å²) in [5.41, 5.74) is 13.6. The van der Waals surface area contributed by atoms with Crippen molar-refractivity contribution in [1.29, 1.82) is 0 Å². The minimum absolute atomic E-state index is 0.0142. The lowest BCUT2D eigenvalue weighted by molar-refractivity contribution is 0.394. The van der Waals surface area contributed by atoms with Gasteiger partial charge in [-0.15, -0.1) is 0 Å². The molecule has 5 aromatic carbocycles. The number of nitrogens with zero attached hydrogens (tertiary/aromatic N) is 1. The molecule has 3 aliphatic heterocycles. The van der Waals surface area contributed by atoms with Crippen LogP contribution in [0.4, 0.5) is 17.1 Å². The fourth-order valence-corrected chi connectivity index (χ4v) is 9.62. The molecule has 240 valence electrons. The number of hydrogen-bond acceptors (Lipinski definition) is 3. The fourth-order valence-electron chi connectivity index (χ4n) is 9.62. The van der Waals surface area contributed by atoms with Crippen LogP contribution in [0.3, 0.4) is 0 Å². The van der Waals surface area contributed by atoms with Gasteiger partial charge in [-0.1, -0.05) is 123 Å². The summed E-state index contributed by atoms with van der Waals surface area (Å²) in [6, 6.07) is 33.7. The fraction of sp³-hybridized carbons (Fsp3) is 0.318. The summed E-state index contributed by atoms with van der Waals surface area (Å²) >= 11 is 0. The summed E-state index contributed by atoms with van der Waals surface area (Å²) in [4.78, 5) is 2.41. The average molecular weight is 630 g/mol. The summed E-state index contributed by atoms with van der Waals surface area (Å²) in [7, 11) is 0. The quantitative estimate of drug-likeness (QED) is 0.169. The number of benzene rings is 5. The number of anilines is 3. The van der Waals surface area contributed by atoms with E-state index in [1.165, 1.54) is 50.1 Å². The lowest BCUT2D eigenvalue weighted by Gasteiger charge is -2.42. The molecule has 0 amide bonds. The maximum Gasteiger partial charge on any atom is 0.260 e. The highest BCUT2D eigenvalue weighted by molar-refractivity contribution is 6.98. The molecule has 0 saturated heterocycles. The van der Waals surface area contributed by atoms with Crippen molar-refractivity contribution in [2.75, 3.05) is 4.90 Å². The second-order valence-electron chi connectivity index (χ2n) is 17.3. The number of hydrogen-bond donors (Lipinski definition) is 0. The SMILES string of the molecule is CC(C)(C)c1ccc2c(c1)B1c3ccc4c(c3Oc3cc(N5c6ccccc6C(C)(C)c6ccccc65)cc(c31)O2)C(C)(C)CC4(C)C. The van der Waals surface area contributed by atoms with Crippen LogP contribution in [0.25, 0.3) is 0 Å². The van der Waals surface area contributed by atoms with Gasteiger partial charge in [0.1, 0.15) is 23.0 Å². The first-order valence-electron chi connectivity index (χ1n) is 17.5. The normalized spacial score (nSPS) is 18.4. The molecule has 4 aliphatic rings. The van der Waals surface area contributed by atoms with Crippen molar-refractivity contribution in [2.24, 2.45) is 0 Å². The van der Waals surface area contributed by atoms with Gasteiger partial charge in [0.25, 0.3) is 6.71 Å². The van der Waals surface area contributed by atoms with Crippen LogP contribution < -0.4 is 30.8 Å². The van der Waals surface area contributed by atoms with Crippen molar-refractivity contribution in [3.63, 3.8) is 0 Å². The molecule has 4 heteroatoms. The number of para-hydroxylation sites is 2. The maximum absolute atomic E-state index is 7.25. The zero-order valence-electron chi connectivity index (χ0n) is 29.7. The predicted molar refractivity (Wildman–Crippen MR) is 200 cm³/mol. The van der Waals surface area contributed by atoms with Gasteiger partial charge >= 0.3 is 0 Å². The zero-order valence-corrected chi connectivity index (χ0v) is 29.7. The maximum atomic E-state index is 7.25. The first-order valence-corrected chi connectivity index (χ1v) is 17.5. The molecule has 9 rings (SSSR count). The van der Waals surface area contributed by atoms with Crippen molar-refractivity contribution in [3.05, 3.63) is 119 Å². The van der Waals surface area contributed by atoms with Crippen molar-refractivity contribution in [3.8, 4) is 23.0 Å². The van der Waals surface area contributed by atoms with Crippen LogP contribution in [0.5, 0.6) is 23.0 Å². The van der Waals surface area contributed by atoms with E-state index >= 15 is 0 Å². The van der Waals surface area contributed by atoms with Crippen molar-refractivity contribution in [1.82, 2.24) is 0 Å². The lowest BCUT2D eigenvalue weighted by Crippen LogP contribution is -2.58. The molecular formula is C44H44BNO2. The highest BCUT2D eigenvalue weighted by Crippen LogP contribution is 2.56. The highest BCUT2D eigenvalue weighted by atomic mass is 16.5. The molecule has 0 radical (unpaired) electrons. The Morgan fingerprint density at radius 1 is 0.625 bits per heavy atom. The third kappa shape index (κ3) is 3.95. The Hall–Kier alpha value is -4.44. The van der Waals surface area contributed by atoms with Gasteiger partial charge in [-0.05, 0) is 74.0 Å². The Kier molecular flexibility index (Phi) is 5.80. The molecule has 0 fully saturated rings. The van der Waals surface area contributed by atoms with Gasteiger partial charge < -0.3 is 14.4 Å². The minimum atomic E-state index is -0.133. The third-order valence-electron chi connectivity index (χ3n) is 11.7. The predicted octanol–water partition coefficient (Wildman–Crippen LogP) is 9.78. The molecule has 3 nitrogen and oxygen atoms in total. The lowest BCUT2D eigenvalue weighted by atomic mass is 9.34. The van der Waals surface area contributed by atoms with Gasteiger partial charge in [-0.25, -0.2) is 0 Å². The summed E-state index contributed by atoms with van der Waals surface area (Å²) < 4.78 is 14.2. The molecule has 0 saturated carbocycles. The molecule has 0 aromatic heterocycles. The van der Waals surface area contributed by atoms with Gasteiger partial charge in [-0.2, -0.15) is 0 Å². The molecule has 0 unspecified atom stereocenters.